The summed E-state index contributed by atoms with van der Waals surface area (Å²) in [7, 11) is 0. The molecule has 2 heteroatoms. The molecular weight excluding hydrogens is 210 g/mol. The van der Waals surface area contributed by atoms with Crippen molar-refractivity contribution in [3.8, 4) is 0 Å². The standard InChI is InChI=1S/C15H17NO/c17-14-8-9-16(11-14)10-13-6-3-5-12-4-1-2-7-15(12)13/h1-7,14,17H,8-11H2/t14-/m1/s1. The van der Waals surface area contributed by atoms with Crippen molar-refractivity contribution in [2.75, 3.05) is 13.1 Å². The zero-order valence-electron chi connectivity index (χ0n) is 9.84. The Hall–Kier alpha value is -1.38. The molecule has 88 valence electrons. The molecule has 3 rings (SSSR count). The highest BCUT2D eigenvalue weighted by molar-refractivity contribution is 5.85. The first-order valence-electron chi connectivity index (χ1n) is 6.20. The molecule has 1 fully saturated rings. The van der Waals surface area contributed by atoms with Gasteiger partial charge in [0.2, 0.25) is 0 Å². The highest BCUT2D eigenvalue weighted by Gasteiger charge is 2.20. The summed E-state index contributed by atoms with van der Waals surface area (Å²) >= 11 is 0. The summed E-state index contributed by atoms with van der Waals surface area (Å²) in [6, 6.07) is 14.9. The topological polar surface area (TPSA) is 23.5 Å². The van der Waals surface area contributed by atoms with Gasteiger partial charge in [0.05, 0.1) is 6.10 Å². The molecule has 0 spiro atoms. The number of nitrogens with zero attached hydrogens (tertiary/aromatic N) is 1. The van der Waals surface area contributed by atoms with Gasteiger partial charge in [-0.3, -0.25) is 4.90 Å². The van der Waals surface area contributed by atoms with Gasteiger partial charge in [0.25, 0.3) is 0 Å². The maximum Gasteiger partial charge on any atom is 0.0679 e. The number of aliphatic hydroxyl groups excluding tert-OH is 1. The van der Waals surface area contributed by atoms with Gasteiger partial charge in [-0.25, -0.2) is 0 Å². The van der Waals surface area contributed by atoms with Crippen LogP contribution in [0.15, 0.2) is 42.5 Å². The summed E-state index contributed by atoms with van der Waals surface area (Å²) in [4.78, 5) is 2.33. The van der Waals surface area contributed by atoms with E-state index in [1.807, 2.05) is 0 Å². The molecule has 2 aromatic rings. The highest BCUT2D eigenvalue weighted by Crippen LogP contribution is 2.21. The van der Waals surface area contributed by atoms with Gasteiger partial charge in [0.15, 0.2) is 0 Å². The quantitative estimate of drug-likeness (QED) is 0.851. The van der Waals surface area contributed by atoms with E-state index in [0.717, 1.165) is 26.1 Å². The van der Waals surface area contributed by atoms with Crippen LogP contribution in [0.1, 0.15) is 12.0 Å². The summed E-state index contributed by atoms with van der Waals surface area (Å²) in [6.07, 6.45) is 0.773. The average molecular weight is 227 g/mol. The van der Waals surface area contributed by atoms with Crippen LogP contribution in [0.4, 0.5) is 0 Å². The van der Waals surface area contributed by atoms with Gasteiger partial charge in [0, 0.05) is 19.6 Å². The molecular formula is C15H17NO. The monoisotopic (exact) mass is 227 g/mol. The van der Waals surface area contributed by atoms with E-state index in [2.05, 4.69) is 47.4 Å². The second-order valence-corrected chi connectivity index (χ2v) is 4.82. The van der Waals surface area contributed by atoms with E-state index >= 15 is 0 Å². The highest BCUT2D eigenvalue weighted by atomic mass is 16.3. The lowest BCUT2D eigenvalue weighted by atomic mass is 10.0. The van der Waals surface area contributed by atoms with Gasteiger partial charge in [-0.05, 0) is 22.8 Å². The third-order valence-corrected chi connectivity index (χ3v) is 3.52. The minimum absolute atomic E-state index is 0.134. The fraction of sp³-hybridized carbons (Fsp3) is 0.333. The van der Waals surface area contributed by atoms with E-state index in [0.29, 0.717) is 0 Å². The Kier molecular flexibility index (Phi) is 2.83. The minimum atomic E-state index is -0.134. The lowest BCUT2D eigenvalue weighted by Crippen LogP contribution is -2.21. The second-order valence-electron chi connectivity index (χ2n) is 4.82. The lowest BCUT2D eigenvalue weighted by Gasteiger charge is -2.16. The van der Waals surface area contributed by atoms with Gasteiger partial charge in [-0.1, -0.05) is 42.5 Å². The van der Waals surface area contributed by atoms with Crippen molar-refractivity contribution < 1.29 is 5.11 Å². The molecule has 0 saturated carbocycles. The summed E-state index contributed by atoms with van der Waals surface area (Å²) in [5, 5.41) is 12.2. The molecule has 1 atom stereocenters. The molecule has 1 aliphatic rings. The van der Waals surface area contributed by atoms with Crippen molar-refractivity contribution in [2.24, 2.45) is 0 Å². The van der Waals surface area contributed by atoms with Crippen molar-refractivity contribution in [1.82, 2.24) is 4.90 Å². The van der Waals surface area contributed by atoms with E-state index in [1.165, 1.54) is 16.3 Å². The Balaban J connectivity index is 1.90. The average Bonchev–Trinajstić information content (AvgIpc) is 2.75. The number of aliphatic hydroxyl groups is 1. The smallest absolute Gasteiger partial charge is 0.0679 e. The Labute approximate surface area is 101 Å². The SMILES string of the molecule is O[C@@H]1CCN(Cc2cccc3ccccc23)C1. The van der Waals surface area contributed by atoms with Crippen molar-refractivity contribution in [3.63, 3.8) is 0 Å². The van der Waals surface area contributed by atoms with Gasteiger partial charge >= 0.3 is 0 Å². The first-order valence-corrected chi connectivity index (χ1v) is 6.20. The van der Waals surface area contributed by atoms with Crippen LogP contribution in [0.5, 0.6) is 0 Å². The molecule has 2 nitrogen and oxygen atoms in total. The predicted octanol–water partition coefficient (Wildman–Crippen LogP) is 2.41. The van der Waals surface area contributed by atoms with Crippen molar-refractivity contribution in [3.05, 3.63) is 48.0 Å². The van der Waals surface area contributed by atoms with Crippen LogP contribution >= 0.6 is 0 Å². The van der Waals surface area contributed by atoms with Gasteiger partial charge in [0.1, 0.15) is 0 Å². The Morgan fingerprint density at radius 3 is 2.76 bits per heavy atom. The van der Waals surface area contributed by atoms with Crippen LogP contribution in [0, 0.1) is 0 Å². The molecule has 0 bridgehead atoms. The van der Waals surface area contributed by atoms with E-state index in [-0.39, 0.29) is 6.10 Å². The molecule has 0 aromatic heterocycles. The number of hydrogen-bond donors (Lipinski definition) is 1. The number of rotatable bonds is 2. The first kappa shape index (κ1) is 10.8. The third kappa shape index (κ3) is 2.19. The van der Waals surface area contributed by atoms with E-state index in [4.69, 9.17) is 0 Å². The van der Waals surface area contributed by atoms with E-state index < -0.39 is 0 Å². The summed E-state index contributed by atoms with van der Waals surface area (Å²) in [6.45, 7) is 2.76. The van der Waals surface area contributed by atoms with E-state index in [9.17, 15) is 5.11 Å². The maximum atomic E-state index is 9.55. The Morgan fingerprint density at radius 1 is 1.12 bits per heavy atom. The molecule has 1 N–H and O–H groups in total. The number of likely N-dealkylation sites (tertiary alicyclic amines) is 1. The van der Waals surface area contributed by atoms with Crippen LogP contribution in [-0.4, -0.2) is 29.2 Å². The summed E-state index contributed by atoms with van der Waals surface area (Å²) in [5.41, 5.74) is 1.36. The fourth-order valence-electron chi connectivity index (χ4n) is 2.63. The number of hydrogen-bond acceptors (Lipinski definition) is 2. The summed E-state index contributed by atoms with van der Waals surface area (Å²) < 4.78 is 0. The van der Waals surface area contributed by atoms with E-state index in [1.54, 1.807) is 0 Å². The van der Waals surface area contributed by atoms with Gasteiger partial charge < -0.3 is 5.11 Å². The molecule has 0 radical (unpaired) electrons. The summed E-state index contributed by atoms with van der Waals surface area (Å²) in [5.74, 6) is 0. The van der Waals surface area contributed by atoms with Crippen LogP contribution < -0.4 is 0 Å². The Morgan fingerprint density at radius 2 is 1.94 bits per heavy atom. The zero-order chi connectivity index (χ0) is 11.7. The van der Waals surface area contributed by atoms with Gasteiger partial charge in [-0.15, -0.1) is 0 Å². The van der Waals surface area contributed by atoms with Crippen LogP contribution in [-0.2, 0) is 6.54 Å². The second kappa shape index (κ2) is 4.47. The molecule has 17 heavy (non-hydrogen) atoms. The van der Waals surface area contributed by atoms with Crippen LogP contribution in [0.3, 0.4) is 0 Å². The zero-order valence-corrected chi connectivity index (χ0v) is 9.84. The normalized spacial score (nSPS) is 21.1. The third-order valence-electron chi connectivity index (χ3n) is 3.52. The molecule has 0 aliphatic carbocycles. The predicted molar refractivity (Wildman–Crippen MR) is 69.8 cm³/mol. The van der Waals surface area contributed by atoms with Gasteiger partial charge in [-0.2, -0.15) is 0 Å². The Bertz CT molecular complexity index is 518. The molecule has 2 aromatic carbocycles. The lowest BCUT2D eigenvalue weighted by molar-refractivity contribution is 0.175. The molecule has 0 unspecified atom stereocenters. The maximum absolute atomic E-state index is 9.55. The number of fused-ring (bicyclic) bond motifs is 1. The molecule has 1 saturated heterocycles. The largest absolute Gasteiger partial charge is 0.392 e. The van der Waals surface area contributed by atoms with Crippen molar-refractivity contribution >= 4 is 10.8 Å². The molecule has 1 heterocycles. The number of β-amino-alcohol motifs (C(OH)–C–C–N with tert-alkyl or cyclic N) is 1. The van der Waals surface area contributed by atoms with Crippen LogP contribution in [0.25, 0.3) is 10.8 Å². The fourth-order valence-corrected chi connectivity index (χ4v) is 2.63. The molecule has 1 aliphatic heterocycles. The first-order chi connectivity index (χ1) is 8.33. The minimum Gasteiger partial charge on any atom is -0.392 e. The number of benzene rings is 2. The van der Waals surface area contributed by atoms with Crippen molar-refractivity contribution in [1.29, 1.82) is 0 Å². The van der Waals surface area contributed by atoms with Crippen LogP contribution in [0.2, 0.25) is 0 Å². The van der Waals surface area contributed by atoms with Crippen molar-refractivity contribution in [2.45, 2.75) is 19.1 Å². The molecule has 0 amide bonds.